The predicted octanol–water partition coefficient (Wildman–Crippen LogP) is 0.277. The Kier molecular flexibility index (Phi) is 2.74. The number of hydrogen-bond acceptors (Lipinski definition) is 4. The van der Waals surface area contributed by atoms with Gasteiger partial charge in [-0.25, -0.2) is 0 Å². The molecule has 1 aromatic rings. The van der Waals surface area contributed by atoms with Crippen LogP contribution in [0, 0.1) is 0 Å². The molecule has 13 heavy (non-hydrogen) atoms. The Morgan fingerprint density at radius 2 is 1.92 bits per heavy atom. The summed E-state index contributed by atoms with van der Waals surface area (Å²) in [6, 6.07) is 6.15. The van der Waals surface area contributed by atoms with E-state index in [4.69, 9.17) is 4.74 Å². The highest BCUT2D eigenvalue weighted by Gasteiger charge is 2.04. The third-order valence-electron chi connectivity index (χ3n) is 1.25. The molecule has 0 fully saturated rings. The molecule has 6 heteroatoms. The number of rotatable bonds is 3. The van der Waals surface area contributed by atoms with E-state index in [0.717, 1.165) is 0 Å². The van der Waals surface area contributed by atoms with Crippen LogP contribution in [0.1, 0.15) is 0 Å². The Hall–Kier alpha value is -1.27. The second-order valence-corrected chi connectivity index (χ2v) is 3.41. The molecule has 0 heterocycles. The van der Waals surface area contributed by atoms with E-state index < -0.39 is 10.3 Å². The molecule has 0 aliphatic carbocycles. The van der Waals surface area contributed by atoms with E-state index in [0.29, 0.717) is 5.75 Å². The number of nitrogens with two attached hydrogens (primary N) is 1. The Morgan fingerprint density at radius 3 is 2.46 bits per heavy atom. The SMILES string of the molecule is COc1cccc(OS(N)(=O)=O)c1. The van der Waals surface area contributed by atoms with Gasteiger partial charge >= 0.3 is 10.3 Å². The number of ether oxygens (including phenoxy) is 1. The zero-order chi connectivity index (χ0) is 9.90. The normalized spacial score (nSPS) is 10.9. The fourth-order valence-electron chi connectivity index (χ4n) is 0.787. The average Bonchev–Trinajstić information content (AvgIpc) is 2.01. The maximum Gasteiger partial charge on any atom is 0.380 e. The highest BCUT2D eigenvalue weighted by atomic mass is 32.2. The number of methoxy groups -OCH3 is 1. The van der Waals surface area contributed by atoms with Crippen LogP contribution in [0.25, 0.3) is 0 Å². The molecule has 0 aliphatic rings. The van der Waals surface area contributed by atoms with E-state index >= 15 is 0 Å². The molecule has 1 rings (SSSR count). The summed E-state index contributed by atoms with van der Waals surface area (Å²) in [6.07, 6.45) is 0. The molecule has 0 amide bonds. The van der Waals surface area contributed by atoms with Gasteiger partial charge in [-0.3, -0.25) is 0 Å². The minimum absolute atomic E-state index is 0.127. The second-order valence-electron chi connectivity index (χ2n) is 2.26. The summed E-state index contributed by atoms with van der Waals surface area (Å²) in [5, 5.41) is 4.67. The van der Waals surface area contributed by atoms with Crippen molar-refractivity contribution in [1.82, 2.24) is 0 Å². The topological polar surface area (TPSA) is 78.6 Å². The average molecular weight is 203 g/mol. The first kappa shape index (κ1) is 9.82. The van der Waals surface area contributed by atoms with Crippen LogP contribution in [0.3, 0.4) is 0 Å². The Balaban J connectivity index is 2.90. The molecule has 0 spiro atoms. The van der Waals surface area contributed by atoms with E-state index in [-0.39, 0.29) is 5.75 Å². The second kappa shape index (κ2) is 3.63. The molecule has 0 unspecified atom stereocenters. The fraction of sp³-hybridized carbons (Fsp3) is 0.143. The Morgan fingerprint density at radius 1 is 1.31 bits per heavy atom. The summed E-state index contributed by atoms with van der Waals surface area (Å²) in [4.78, 5) is 0. The van der Waals surface area contributed by atoms with Crippen molar-refractivity contribution >= 4 is 10.3 Å². The van der Waals surface area contributed by atoms with Crippen LogP contribution in [0.2, 0.25) is 0 Å². The lowest BCUT2D eigenvalue weighted by Gasteiger charge is -2.03. The van der Waals surface area contributed by atoms with Gasteiger partial charge in [0.25, 0.3) is 0 Å². The third kappa shape index (κ3) is 3.30. The van der Waals surface area contributed by atoms with Crippen molar-refractivity contribution in [2.45, 2.75) is 0 Å². The largest absolute Gasteiger partial charge is 0.497 e. The molecule has 2 N–H and O–H groups in total. The zero-order valence-corrected chi connectivity index (χ0v) is 7.74. The van der Waals surface area contributed by atoms with Crippen molar-refractivity contribution in [3.63, 3.8) is 0 Å². The highest BCUT2D eigenvalue weighted by molar-refractivity contribution is 7.84. The van der Waals surface area contributed by atoms with E-state index in [9.17, 15) is 8.42 Å². The maximum absolute atomic E-state index is 10.5. The molecule has 72 valence electrons. The lowest BCUT2D eigenvalue weighted by Crippen LogP contribution is -2.18. The van der Waals surface area contributed by atoms with Gasteiger partial charge in [-0.05, 0) is 12.1 Å². The lowest BCUT2D eigenvalue weighted by atomic mass is 10.3. The van der Waals surface area contributed by atoms with Crippen LogP contribution in [0.5, 0.6) is 11.5 Å². The van der Waals surface area contributed by atoms with Crippen LogP contribution < -0.4 is 14.1 Å². The first-order valence-corrected chi connectivity index (χ1v) is 4.84. The molecule has 0 saturated heterocycles. The van der Waals surface area contributed by atoms with Gasteiger partial charge in [-0.2, -0.15) is 13.6 Å². The first-order chi connectivity index (χ1) is 6.01. The third-order valence-corrected chi connectivity index (χ3v) is 1.68. The molecule has 0 atom stereocenters. The molecular weight excluding hydrogens is 194 g/mol. The standard InChI is InChI=1S/C7H9NO4S/c1-11-6-3-2-4-7(5-6)12-13(8,9)10/h2-5H,1H3,(H2,8,9,10). The predicted molar refractivity (Wildman–Crippen MR) is 46.7 cm³/mol. The van der Waals surface area contributed by atoms with Gasteiger partial charge in [0.2, 0.25) is 0 Å². The lowest BCUT2D eigenvalue weighted by molar-refractivity contribution is 0.411. The maximum atomic E-state index is 10.5. The summed E-state index contributed by atoms with van der Waals surface area (Å²) in [7, 11) is -2.49. The van der Waals surface area contributed by atoms with E-state index in [1.807, 2.05) is 0 Å². The van der Waals surface area contributed by atoms with E-state index in [1.165, 1.54) is 19.2 Å². The minimum atomic E-state index is -3.96. The molecule has 0 radical (unpaired) electrons. The van der Waals surface area contributed by atoms with Crippen molar-refractivity contribution in [1.29, 1.82) is 0 Å². The Bertz CT molecular complexity index is 387. The monoisotopic (exact) mass is 203 g/mol. The van der Waals surface area contributed by atoms with Gasteiger partial charge in [0.05, 0.1) is 7.11 Å². The van der Waals surface area contributed by atoms with Crippen LogP contribution in [0.4, 0.5) is 0 Å². The quantitative estimate of drug-likeness (QED) is 0.765. The first-order valence-electron chi connectivity index (χ1n) is 3.37. The molecule has 0 saturated carbocycles. The van der Waals surface area contributed by atoms with Crippen molar-refractivity contribution in [2.24, 2.45) is 5.14 Å². The van der Waals surface area contributed by atoms with Crippen molar-refractivity contribution in [3.05, 3.63) is 24.3 Å². The fourth-order valence-corrected chi connectivity index (χ4v) is 1.16. The van der Waals surface area contributed by atoms with E-state index in [2.05, 4.69) is 9.32 Å². The van der Waals surface area contributed by atoms with Crippen molar-refractivity contribution < 1.29 is 17.3 Å². The van der Waals surface area contributed by atoms with Crippen molar-refractivity contribution in [3.8, 4) is 11.5 Å². The highest BCUT2D eigenvalue weighted by Crippen LogP contribution is 2.19. The summed E-state index contributed by atoms with van der Waals surface area (Å²) in [6.45, 7) is 0. The minimum Gasteiger partial charge on any atom is -0.497 e. The summed E-state index contributed by atoms with van der Waals surface area (Å²) < 4.78 is 30.3. The molecule has 0 bridgehead atoms. The Labute approximate surface area is 76.3 Å². The van der Waals surface area contributed by atoms with Gasteiger partial charge in [0, 0.05) is 6.07 Å². The number of benzene rings is 1. The van der Waals surface area contributed by atoms with Crippen LogP contribution >= 0.6 is 0 Å². The van der Waals surface area contributed by atoms with Gasteiger partial charge in [-0.1, -0.05) is 6.07 Å². The summed E-state index contributed by atoms with van der Waals surface area (Å²) >= 11 is 0. The zero-order valence-electron chi connectivity index (χ0n) is 6.93. The van der Waals surface area contributed by atoms with Crippen molar-refractivity contribution in [2.75, 3.05) is 7.11 Å². The summed E-state index contributed by atoms with van der Waals surface area (Å²) in [5.74, 6) is 0.628. The van der Waals surface area contributed by atoms with E-state index in [1.54, 1.807) is 12.1 Å². The molecule has 0 aromatic heterocycles. The molecule has 5 nitrogen and oxygen atoms in total. The molecular formula is C7H9NO4S. The van der Waals surface area contributed by atoms with Crippen LogP contribution in [-0.2, 0) is 10.3 Å². The van der Waals surface area contributed by atoms with Gasteiger partial charge in [0.15, 0.2) is 0 Å². The van der Waals surface area contributed by atoms with Gasteiger partial charge in [0.1, 0.15) is 11.5 Å². The van der Waals surface area contributed by atoms with Crippen LogP contribution in [0.15, 0.2) is 24.3 Å². The molecule has 1 aromatic carbocycles. The molecule has 0 aliphatic heterocycles. The van der Waals surface area contributed by atoms with Gasteiger partial charge < -0.3 is 8.92 Å². The van der Waals surface area contributed by atoms with Crippen LogP contribution in [-0.4, -0.2) is 15.5 Å². The smallest absolute Gasteiger partial charge is 0.380 e. The number of hydrogen-bond donors (Lipinski definition) is 1. The van der Waals surface area contributed by atoms with Gasteiger partial charge in [-0.15, -0.1) is 0 Å². The summed E-state index contributed by atoms with van der Waals surface area (Å²) in [5.41, 5.74) is 0.